The number of hydrogen-bond donors (Lipinski definition) is 4. The van der Waals surface area contributed by atoms with E-state index in [1.165, 1.54) is 24.3 Å². The maximum Gasteiger partial charge on any atom is 0.488 e. The number of para-hydroxylation sites is 1. The number of rotatable bonds is 6. The van der Waals surface area contributed by atoms with Crippen LogP contribution < -0.4 is 15.1 Å². The summed E-state index contributed by atoms with van der Waals surface area (Å²) in [7, 11) is -1.75. The van der Waals surface area contributed by atoms with Crippen molar-refractivity contribution in [2.45, 2.75) is 24.7 Å². The van der Waals surface area contributed by atoms with Crippen molar-refractivity contribution < 1.29 is 39.3 Å². The van der Waals surface area contributed by atoms with Gasteiger partial charge in [0.25, 0.3) is 0 Å². The van der Waals surface area contributed by atoms with E-state index in [1.54, 1.807) is 36.4 Å². The summed E-state index contributed by atoms with van der Waals surface area (Å²) in [5.74, 6) is -4.66. The molecule has 0 aromatic heterocycles. The topological polar surface area (TPSA) is 137 Å². The number of nitrogens with zero attached hydrogens (tertiary/aromatic N) is 1. The van der Waals surface area contributed by atoms with E-state index in [0.29, 0.717) is 12.2 Å². The van der Waals surface area contributed by atoms with E-state index < -0.39 is 54.5 Å². The maximum atomic E-state index is 13.8. The summed E-state index contributed by atoms with van der Waals surface area (Å²) in [6, 6.07) is 21.7. The number of carbonyl (C=O) groups excluding carboxylic acids is 2. The lowest BCUT2D eigenvalue weighted by Crippen LogP contribution is -2.55. The second kappa shape index (κ2) is 9.80. The lowest BCUT2D eigenvalue weighted by molar-refractivity contribution is -0.272. The third kappa shape index (κ3) is 4.39. The second-order valence-corrected chi connectivity index (χ2v) is 10.5. The van der Waals surface area contributed by atoms with Crippen LogP contribution >= 0.6 is 0 Å². The summed E-state index contributed by atoms with van der Waals surface area (Å²) >= 11 is 0. The number of phenolic OH excluding ortho intramolecular Hbond substituents is 1. The highest BCUT2D eigenvalue weighted by Crippen LogP contribution is 2.58. The van der Waals surface area contributed by atoms with Crippen LogP contribution in [-0.4, -0.2) is 51.6 Å². The van der Waals surface area contributed by atoms with Crippen LogP contribution in [-0.2, 0) is 14.3 Å². The third-order valence-corrected chi connectivity index (χ3v) is 8.25. The van der Waals surface area contributed by atoms with Crippen LogP contribution in [0, 0.1) is 23.7 Å². The summed E-state index contributed by atoms with van der Waals surface area (Å²) in [4.78, 5) is 28.7. The summed E-state index contributed by atoms with van der Waals surface area (Å²) in [6.07, 6.45) is -0.0775. The van der Waals surface area contributed by atoms with Gasteiger partial charge in [-0.05, 0) is 60.3 Å². The van der Waals surface area contributed by atoms with Crippen molar-refractivity contribution in [1.29, 1.82) is 0 Å². The minimum absolute atomic E-state index is 0.0796. The number of ether oxygens (including phenoxy) is 2. The normalized spacial score (nSPS) is 29.7. The predicted octanol–water partition coefficient (Wildman–Crippen LogP) is 1.74. The highest BCUT2D eigenvalue weighted by Gasteiger charge is 2.67. The molecule has 3 aromatic rings. The Bertz CT molecular complexity index is 1380. The Labute approximate surface area is 225 Å². The molecule has 10 heteroatoms. The molecule has 3 aliphatic rings. The Morgan fingerprint density at radius 2 is 1.69 bits per heavy atom. The first-order valence-corrected chi connectivity index (χ1v) is 13.0. The van der Waals surface area contributed by atoms with Crippen LogP contribution in [0.5, 0.6) is 11.5 Å². The minimum atomic E-state index is -1.75. The summed E-state index contributed by atoms with van der Waals surface area (Å²) in [5, 5.41) is 41.0. The molecule has 3 aromatic carbocycles. The van der Waals surface area contributed by atoms with Gasteiger partial charge in [-0.1, -0.05) is 42.5 Å². The van der Waals surface area contributed by atoms with Gasteiger partial charge in [0.2, 0.25) is 11.8 Å². The number of imide groups is 1. The first-order valence-electron chi connectivity index (χ1n) is 13.0. The Hall–Kier alpha value is -3.70. The van der Waals surface area contributed by atoms with Crippen molar-refractivity contribution in [2.24, 2.45) is 23.7 Å². The number of benzene rings is 3. The van der Waals surface area contributed by atoms with Crippen molar-refractivity contribution >= 4 is 30.1 Å². The van der Waals surface area contributed by atoms with E-state index in [2.05, 4.69) is 0 Å². The van der Waals surface area contributed by atoms with E-state index in [-0.39, 0.29) is 29.9 Å². The fourth-order valence-corrected chi connectivity index (χ4v) is 6.36. The first-order chi connectivity index (χ1) is 18.8. The Kier molecular flexibility index (Phi) is 6.43. The van der Waals surface area contributed by atoms with Gasteiger partial charge in [-0.25, -0.2) is 0 Å². The van der Waals surface area contributed by atoms with Crippen molar-refractivity contribution in [3.63, 3.8) is 0 Å². The van der Waals surface area contributed by atoms with Crippen LogP contribution in [0.3, 0.4) is 0 Å². The average molecular weight is 529 g/mol. The highest BCUT2D eigenvalue weighted by molar-refractivity contribution is 6.58. The zero-order valence-corrected chi connectivity index (χ0v) is 21.0. The molecule has 0 bridgehead atoms. The Balaban J connectivity index is 1.35. The summed E-state index contributed by atoms with van der Waals surface area (Å²) < 4.78 is 12.3. The van der Waals surface area contributed by atoms with E-state index in [4.69, 9.17) is 9.47 Å². The SMILES string of the molecule is O=C1[C@H]2[C@H](C[C@H](COc3ccccc3)[C@@]3(O)O[C@H](c4ccc(O)cc4)C[C@@H]23)C(=O)N1c1cccc(B(O)O)c1. The highest BCUT2D eigenvalue weighted by atomic mass is 16.6. The third-order valence-electron chi connectivity index (χ3n) is 8.25. The molecule has 3 fully saturated rings. The number of anilines is 1. The van der Waals surface area contributed by atoms with Crippen molar-refractivity contribution in [3.8, 4) is 11.5 Å². The number of aromatic hydroxyl groups is 1. The van der Waals surface area contributed by atoms with Gasteiger partial charge in [0.1, 0.15) is 11.5 Å². The monoisotopic (exact) mass is 529 g/mol. The van der Waals surface area contributed by atoms with Crippen LogP contribution in [0.15, 0.2) is 78.9 Å². The lowest BCUT2D eigenvalue weighted by atomic mass is 9.64. The quantitative estimate of drug-likeness (QED) is 0.280. The van der Waals surface area contributed by atoms with E-state index in [0.717, 1.165) is 10.5 Å². The molecule has 200 valence electrons. The molecular weight excluding hydrogens is 501 g/mol. The van der Waals surface area contributed by atoms with Gasteiger partial charge in [0.15, 0.2) is 5.79 Å². The average Bonchev–Trinajstić information content (AvgIpc) is 3.41. The van der Waals surface area contributed by atoms with Crippen molar-refractivity contribution in [2.75, 3.05) is 11.5 Å². The lowest BCUT2D eigenvalue weighted by Gasteiger charge is -2.44. The molecule has 1 saturated carbocycles. The molecule has 0 spiro atoms. The molecule has 2 amide bonds. The predicted molar refractivity (Wildman–Crippen MR) is 141 cm³/mol. The maximum absolute atomic E-state index is 13.8. The van der Waals surface area contributed by atoms with Gasteiger partial charge in [0.05, 0.1) is 30.2 Å². The number of amides is 2. The minimum Gasteiger partial charge on any atom is -0.508 e. The summed E-state index contributed by atoms with van der Waals surface area (Å²) in [6.45, 7) is 0.0796. The number of fused-ring (bicyclic) bond motifs is 3. The van der Waals surface area contributed by atoms with E-state index >= 15 is 0 Å². The van der Waals surface area contributed by atoms with Crippen molar-refractivity contribution in [3.05, 3.63) is 84.4 Å². The van der Waals surface area contributed by atoms with E-state index in [1.807, 2.05) is 18.2 Å². The first kappa shape index (κ1) is 25.6. The molecule has 6 rings (SSSR count). The van der Waals surface area contributed by atoms with E-state index in [9.17, 15) is 29.9 Å². The second-order valence-electron chi connectivity index (χ2n) is 10.5. The molecule has 2 aliphatic heterocycles. The Morgan fingerprint density at radius 3 is 2.41 bits per heavy atom. The molecular formula is C29H28BNO8. The van der Waals surface area contributed by atoms with Gasteiger partial charge in [0, 0.05) is 11.8 Å². The van der Waals surface area contributed by atoms with Crippen LogP contribution in [0.4, 0.5) is 5.69 Å². The van der Waals surface area contributed by atoms with Crippen LogP contribution in [0.1, 0.15) is 24.5 Å². The molecule has 1 aliphatic carbocycles. The molecule has 2 saturated heterocycles. The Morgan fingerprint density at radius 1 is 0.949 bits per heavy atom. The standard InChI is InChI=1S/C29H28BNO8/c32-21-11-9-17(10-12-21)25-15-24-26-23(13-18(29(24,35)39-25)16-38-22-7-2-1-3-8-22)27(33)31(28(26)34)20-6-4-5-19(14-20)30(36)37/h1-12,14,18,23-26,32,35-37H,13,15-16H2/t18-,23+,24+,25+,26+,29-/m1/s1. The van der Waals surface area contributed by atoms with Gasteiger partial charge >= 0.3 is 7.12 Å². The molecule has 6 atom stereocenters. The summed E-state index contributed by atoms with van der Waals surface area (Å²) in [5.41, 5.74) is 1.15. The fraction of sp³-hybridized carbons (Fsp3) is 0.310. The smallest absolute Gasteiger partial charge is 0.488 e. The zero-order valence-electron chi connectivity index (χ0n) is 21.0. The number of aliphatic hydroxyl groups is 1. The fourth-order valence-electron chi connectivity index (χ4n) is 6.36. The molecule has 0 unspecified atom stereocenters. The van der Waals surface area contributed by atoms with Gasteiger partial charge in [-0.3, -0.25) is 14.5 Å². The molecule has 4 N–H and O–H groups in total. The van der Waals surface area contributed by atoms with Gasteiger partial charge < -0.3 is 29.7 Å². The zero-order chi connectivity index (χ0) is 27.3. The van der Waals surface area contributed by atoms with Crippen molar-refractivity contribution in [1.82, 2.24) is 0 Å². The largest absolute Gasteiger partial charge is 0.508 e. The molecule has 9 nitrogen and oxygen atoms in total. The van der Waals surface area contributed by atoms with Gasteiger partial charge in [-0.15, -0.1) is 0 Å². The number of carbonyl (C=O) groups is 2. The number of hydrogen-bond acceptors (Lipinski definition) is 8. The van der Waals surface area contributed by atoms with Gasteiger partial charge in [-0.2, -0.15) is 0 Å². The molecule has 39 heavy (non-hydrogen) atoms. The van der Waals surface area contributed by atoms with Crippen LogP contribution in [0.2, 0.25) is 0 Å². The van der Waals surface area contributed by atoms with Crippen LogP contribution in [0.25, 0.3) is 0 Å². The number of phenols is 1. The molecule has 0 radical (unpaired) electrons. The molecule has 2 heterocycles.